The predicted molar refractivity (Wildman–Crippen MR) is 83.1 cm³/mol. The van der Waals surface area contributed by atoms with Crippen LogP contribution in [0.25, 0.3) is 0 Å². The van der Waals surface area contributed by atoms with Gasteiger partial charge < -0.3 is 19.5 Å². The van der Waals surface area contributed by atoms with Gasteiger partial charge in [-0.25, -0.2) is 4.79 Å². The Balaban J connectivity index is 1.48. The Bertz CT molecular complexity index is 638. The van der Waals surface area contributed by atoms with Crippen LogP contribution in [-0.4, -0.2) is 54.4 Å². The van der Waals surface area contributed by atoms with Crippen molar-refractivity contribution in [1.82, 2.24) is 20.4 Å². The van der Waals surface area contributed by atoms with Crippen molar-refractivity contribution in [1.29, 1.82) is 0 Å². The molecule has 1 aromatic heterocycles. The number of aromatic nitrogens is 2. The van der Waals surface area contributed by atoms with Crippen molar-refractivity contribution in [2.75, 3.05) is 33.4 Å². The number of nitrogens with one attached hydrogen (secondary N) is 1. The maximum absolute atomic E-state index is 11.8. The molecule has 122 valence electrons. The molecule has 0 spiro atoms. The summed E-state index contributed by atoms with van der Waals surface area (Å²) in [5.41, 5.74) is 1.15. The molecule has 0 radical (unpaired) electrons. The Kier molecular flexibility index (Phi) is 4.87. The Morgan fingerprint density at radius 2 is 2.17 bits per heavy atom. The minimum absolute atomic E-state index is 0.0812. The van der Waals surface area contributed by atoms with Crippen LogP contribution in [0.5, 0.6) is 0 Å². The monoisotopic (exact) mass is 316 g/mol. The van der Waals surface area contributed by atoms with E-state index in [0.29, 0.717) is 44.4 Å². The van der Waals surface area contributed by atoms with Gasteiger partial charge in [0.25, 0.3) is 0 Å². The fourth-order valence-electron chi connectivity index (χ4n) is 2.46. The van der Waals surface area contributed by atoms with Crippen molar-refractivity contribution in [3.63, 3.8) is 0 Å². The van der Waals surface area contributed by atoms with Crippen LogP contribution in [0, 0.1) is 0 Å². The molecule has 0 bridgehead atoms. The lowest BCUT2D eigenvalue weighted by atomic mass is 10.0. The van der Waals surface area contributed by atoms with Crippen LogP contribution in [0.2, 0.25) is 0 Å². The molecule has 1 aromatic carbocycles. The zero-order valence-electron chi connectivity index (χ0n) is 13.1. The molecule has 1 fully saturated rings. The Hall–Kier alpha value is -2.41. The number of rotatable bonds is 6. The molecule has 2 aromatic rings. The molecule has 1 aliphatic heterocycles. The second kappa shape index (κ2) is 7.23. The molecule has 1 N–H and O–H groups in total. The van der Waals surface area contributed by atoms with Crippen LogP contribution in [0.1, 0.15) is 23.2 Å². The summed E-state index contributed by atoms with van der Waals surface area (Å²) in [6.07, 6.45) is 0.651. The highest BCUT2D eigenvalue weighted by molar-refractivity contribution is 5.75. The molecule has 3 rings (SSSR count). The number of methoxy groups -OCH3 is 1. The Labute approximate surface area is 134 Å². The molecule has 7 heteroatoms. The van der Waals surface area contributed by atoms with Gasteiger partial charge >= 0.3 is 6.03 Å². The fraction of sp³-hybridized carbons (Fsp3) is 0.438. The third-order valence-corrected chi connectivity index (χ3v) is 3.79. The summed E-state index contributed by atoms with van der Waals surface area (Å²) >= 11 is 0. The summed E-state index contributed by atoms with van der Waals surface area (Å²) in [6.45, 7) is 2.23. The zero-order valence-corrected chi connectivity index (χ0v) is 13.1. The van der Waals surface area contributed by atoms with Gasteiger partial charge in [-0.15, -0.1) is 0 Å². The number of ether oxygens (including phenoxy) is 1. The summed E-state index contributed by atoms with van der Waals surface area (Å²) in [5.74, 6) is 1.41. The van der Waals surface area contributed by atoms with Gasteiger partial charge in [-0.2, -0.15) is 4.98 Å². The van der Waals surface area contributed by atoms with Gasteiger partial charge in [0.2, 0.25) is 5.89 Å². The number of hydrogen-bond acceptors (Lipinski definition) is 5. The molecule has 0 unspecified atom stereocenters. The van der Waals surface area contributed by atoms with Crippen molar-refractivity contribution in [3.05, 3.63) is 47.6 Å². The van der Waals surface area contributed by atoms with Gasteiger partial charge in [-0.1, -0.05) is 35.5 Å². The first-order valence-corrected chi connectivity index (χ1v) is 7.64. The quantitative estimate of drug-likeness (QED) is 0.815. The Morgan fingerprint density at radius 1 is 1.39 bits per heavy atom. The number of carbonyl (C=O) groups is 1. The summed E-state index contributed by atoms with van der Waals surface area (Å²) in [4.78, 5) is 18.0. The van der Waals surface area contributed by atoms with Crippen molar-refractivity contribution >= 4 is 6.03 Å². The van der Waals surface area contributed by atoms with E-state index in [1.54, 1.807) is 12.0 Å². The zero-order chi connectivity index (χ0) is 16.1. The maximum atomic E-state index is 11.8. The van der Waals surface area contributed by atoms with Gasteiger partial charge in [0.05, 0.1) is 12.5 Å². The molecule has 1 saturated heterocycles. The lowest BCUT2D eigenvalue weighted by molar-refractivity contribution is 0.132. The second-order valence-electron chi connectivity index (χ2n) is 5.54. The topological polar surface area (TPSA) is 80.5 Å². The highest BCUT2D eigenvalue weighted by atomic mass is 16.5. The fourth-order valence-corrected chi connectivity index (χ4v) is 2.46. The molecule has 0 aliphatic carbocycles. The molecule has 7 nitrogen and oxygen atoms in total. The molecule has 1 aliphatic rings. The Morgan fingerprint density at radius 3 is 2.91 bits per heavy atom. The van der Waals surface area contributed by atoms with Gasteiger partial charge in [0, 0.05) is 33.2 Å². The minimum Gasteiger partial charge on any atom is -0.383 e. The predicted octanol–water partition coefficient (Wildman–Crippen LogP) is 1.42. The SMILES string of the molecule is COCCNC(=O)N1CC(c2nc(Cc3ccccc3)no2)C1. The van der Waals surface area contributed by atoms with E-state index in [9.17, 15) is 4.79 Å². The van der Waals surface area contributed by atoms with Gasteiger partial charge in [-0.3, -0.25) is 0 Å². The molecule has 0 saturated carbocycles. The van der Waals surface area contributed by atoms with Crippen molar-refractivity contribution in [2.45, 2.75) is 12.3 Å². The molecule has 2 heterocycles. The highest BCUT2D eigenvalue weighted by Gasteiger charge is 2.35. The standard InChI is InChI=1S/C16H20N4O3/c1-22-8-7-17-16(21)20-10-13(11-20)15-18-14(19-23-15)9-12-5-3-2-4-6-12/h2-6,13H,7-11H2,1H3,(H,17,21). The number of carbonyl (C=O) groups excluding carboxylic acids is 1. The van der Waals surface area contributed by atoms with Crippen LogP contribution in [0.15, 0.2) is 34.9 Å². The van der Waals surface area contributed by atoms with Crippen molar-refractivity contribution in [3.8, 4) is 0 Å². The molecule has 23 heavy (non-hydrogen) atoms. The van der Waals surface area contributed by atoms with Crippen LogP contribution in [-0.2, 0) is 11.2 Å². The van der Waals surface area contributed by atoms with Crippen LogP contribution in [0.3, 0.4) is 0 Å². The largest absolute Gasteiger partial charge is 0.383 e. The van der Waals surface area contributed by atoms with Gasteiger partial charge in [0.15, 0.2) is 5.82 Å². The number of likely N-dealkylation sites (tertiary alicyclic amines) is 1. The maximum Gasteiger partial charge on any atom is 0.317 e. The number of benzene rings is 1. The highest BCUT2D eigenvalue weighted by Crippen LogP contribution is 2.25. The molecule has 0 atom stereocenters. The second-order valence-corrected chi connectivity index (χ2v) is 5.54. The minimum atomic E-state index is -0.0812. The van der Waals surface area contributed by atoms with E-state index in [4.69, 9.17) is 9.26 Å². The van der Waals surface area contributed by atoms with Crippen LogP contribution >= 0.6 is 0 Å². The van der Waals surface area contributed by atoms with Gasteiger partial charge in [0.1, 0.15) is 0 Å². The first kappa shape index (κ1) is 15.5. The van der Waals surface area contributed by atoms with E-state index in [-0.39, 0.29) is 11.9 Å². The van der Waals surface area contributed by atoms with E-state index >= 15 is 0 Å². The van der Waals surface area contributed by atoms with E-state index in [0.717, 1.165) is 5.56 Å². The number of urea groups is 1. The van der Waals surface area contributed by atoms with Crippen LogP contribution in [0.4, 0.5) is 4.79 Å². The summed E-state index contributed by atoms with van der Waals surface area (Å²) in [5, 5.41) is 6.81. The van der Waals surface area contributed by atoms with E-state index in [1.165, 1.54) is 0 Å². The first-order valence-electron chi connectivity index (χ1n) is 7.64. The molecular weight excluding hydrogens is 296 g/mol. The number of amides is 2. The van der Waals surface area contributed by atoms with E-state index in [2.05, 4.69) is 15.5 Å². The summed E-state index contributed by atoms with van der Waals surface area (Å²) in [6, 6.07) is 9.94. The smallest absolute Gasteiger partial charge is 0.317 e. The van der Waals surface area contributed by atoms with Crippen LogP contribution < -0.4 is 5.32 Å². The average Bonchev–Trinajstić information content (AvgIpc) is 2.95. The normalized spacial score (nSPS) is 14.6. The summed E-state index contributed by atoms with van der Waals surface area (Å²) in [7, 11) is 1.61. The van der Waals surface area contributed by atoms with E-state index < -0.39 is 0 Å². The molecular formula is C16H20N4O3. The number of nitrogens with zero attached hydrogens (tertiary/aromatic N) is 3. The third kappa shape index (κ3) is 3.87. The molecule has 2 amide bonds. The first-order chi connectivity index (χ1) is 11.3. The third-order valence-electron chi connectivity index (χ3n) is 3.79. The lowest BCUT2D eigenvalue weighted by Crippen LogP contribution is -2.53. The summed E-state index contributed by atoms with van der Waals surface area (Å²) < 4.78 is 10.2. The average molecular weight is 316 g/mol. The lowest BCUT2D eigenvalue weighted by Gasteiger charge is -2.36. The number of hydrogen-bond donors (Lipinski definition) is 1. The van der Waals surface area contributed by atoms with Crippen molar-refractivity contribution < 1.29 is 14.1 Å². The van der Waals surface area contributed by atoms with E-state index in [1.807, 2.05) is 30.3 Å². The van der Waals surface area contributed by atoms with Gasteiger partial charge in [-0.05, 0) is 5.56 Å². The van der Waals surface area contributed by atoms with Crippen molar-refractivity contribution in [2.24, 2.45) is 0 Å².